The lowest BCUT2D eigenvalue weighted by Gasteiger charge is -2.11. The average molecular weight is 327 g/mol. The Morgan fingerprint density at radius 3 is 2.91 bits per heavy atom. The van der Waals surface area contributed by atoms with Crippen LogP contribution >= 0.6 is 0 Å². The van der Waals surface area contributed by atoms with Gasteiger partial charge in [0, 0.05) is 25.3 Å². The molecule has 0 radical (unpaired) electrons. The third-order valence-electron chi connectivity index (χ3n) is 3.65. The number of rotatable bonds is 8. The second kappa shape index (κ2) is 7.60. The molecule has 122 valence electrons. The lowest BCUT2D eigenvalue weighted by molar-refractivity contribution is -0.136. The average Bonchev–Trinajstić information content (AvgIpc) is 2.96. The van der Waals surface area contributed by atoms with E-state index in [4.69, 9.17) is 9.84 Å². The van der Waals surface area contributed by atoms with Crippen LogP contribution in [-0.4, -0.2) is 38.5 Å². The molecule has 1 heterocycles. The molecule has 2 rings (SSSR count). The second-order valence-electron chi connectivity index (χ2n) is 5.53. The zero-order valence-corrected chi connectivity index (χ0v) is 13.1. The minimum atomic E-state index is -3.39. The molecule has 1 aromatic carbocycles. The normalized spacial score (nSPS) is 18.3. The maximum absolute atomic E-state index is 12.1. The summed E-state index contributed by atoms with van der Waals surface area (Å²) in [7, 11) is -3.39. The second-order valence-corrected chi connectivity index (χ2v) is 7.38. The summed E-state index contributed by atoms with van der Waals surface area (Å²) >= 11 is 0. The van der Waals surface area contributed by atoms with Crippen LogP contribution < -0.4 is 4.72 Å². The molecule has 7 heteroatoms. The molecule has 0 bridgehead atoms. The van der Waals surface area contributed by atoms with E-state index in [1.807, 2.05) is 0 Å². The fourth-order valence-electron chi connectivity index (χ4n) is 2.41. The Morgan fingerprint density at radius 1 is 1.41 bits per heavy atom. The number of aryl methyl sites for hydroxylation is 1. The Kier molecular flexibility index (Phi) is 5.79. The molecule has 1 aliphatic rings. The Bertz CT molecular complexity index is 608. The molecular weight excluding hydrogens is 306 g/mol. The van der Waals surface area contributed by atoms with Gasteiger partial charge in [-0.25, -0.2) is 8.42 Å². The Labute approximate surface area is 130 Å². The Hall–Kier alpha value is -1.60. The highest BCUT2D eigenvalue weighted by Gasteiger charge is 2.19. The van der Waals surface area contributed by atoms with Crippen molar-refractivity contribution in [3.05, 3.63) is 29.8 Å². The fraction of sp³-hybridized carbons (Fsp3) is 0.533. The van der Waals surface area contributed by atoms with E-state index in [0.29, 0.717) is 37.7 Å². The van der Waals surface area contributed by atoms with Gasteiger partial charge in [-0.05, 0) is 42.9 Å². The van der Waals surface area contributed by atoms with Crippen molar-refractivity contribution in [1.82, 2.24) is 0 Å². The SMILES string of the molecule is O=C(O)CCc1cccc(NS(=O)(=O)CCC2CCOC2)c1. The summed E-state index contributed by atoms with van der Waals surface area (Å²) in [6, 6.07) is 6.86. The van der Waals surface area contributed by atoms with E-state index in [1.165, 1.54) is 0 Å². The summed E-state index contributed by atoms with van der Waals surface area (Å²) in [6.07, 6.45) is 1.91. The van der Waals surface area contributed by atoms with Crippen LogP contribution in [0, 0.1) is 5.92 Å². The van der Waals surface area contributed by atoms with Crippen LogP contribution in [0.4, 0.5) is 5.69 Å². The van der Waals surface area contributed by atoms with E-state index in [9.17, 15) is 13.2 Å². The molecular formula is C15H21NO5S. The van der Waals surface area contributed by atoms with Gasteiger partial charge in [0.05, 0.1) is 5.75 Å². The molecule has 1 saturated heterocycles. The lowest BCUT2D eigenvalue weighted by atomic mass is 10.1. The smallest absolute Gasteiger partial charge is 0.303 e. The molecule has 1 fully saturated rings. The van der Waals surface area contributed by atoms with E-state index in [0.717, 1.165) is 12.0 Å². The minimum absolute atomic E-state index is 0.0257. The van der Waals surface area contributed by atoms with Gasteiger partial charge in [0.25, 0.3) is 0 Å². The zero-order valence-electron chi connectivity index (χ0n) is 12.3. The van der Waals surface area contributed by atoms with Gasteiger partial charge in [0.2, 0.25) is 10.0 Å². The molecule has 0 aliphatic carbocycles. The van der Waals surface area contributed by atoms with Crippen LogP contribution in [0.2, 0.25) is 0 Å². The first-order valence-electron chi connectivity index (χ1n) is 7.33. The molecule has 0 aromatic heterocycles. The van der Waals surface area contributed by atoms with E-state index in [1.54, 1.807) is 24.3 Å². The van der Waals surface area contributed by atoms with Crippen molar-refractivity contribution in [2.75, 3.05) is 23.7 Å². The summed E-state index contributed by atoms with van der Waals surface area (Å²) in [5.41, 5.74) is 1.28. The quantitative estimate of drug-likeness (QED) is 0.760. The number of benzene rings is 1. The molecule has 0 amide bonds. The van der Waals surface area contributed by atoms with Crippen LogP contribution in [-0.2, 0) is 26.0 Å². The predicted octanol–water partition coefficient (Wildman–Crippen LogP) is 1.87. The molecule has 0 spiro atoms. The summed E-state index contributed by atoms with van der Waals surface area (Å²) in [4.78, 5) is 10.6. The third kappa shape index (κ3) is 5.65. The standard InChI is InChI=1S/C15H21NO5S/c17-15(18)5-4-12-2-1-3-14(10-12)16-22(19,20)9-7-13-6-8-21-11-13/h1-3,10,13,16H,4-9,11H2,(H,17,18). The number of aliphatic carboxylic acids is 1. The molecule has 1 unspecified atom stereocenters. The van der Waals surface area contributed by atoms with E-state index < -0.39 is 16.0 Å². The van der Waals surface area contributed by atoms with Gasteiger partial charge in [-0.1, -0.05) is 12.1 Å². The van der Waals surface area contributed by atoms with E-state index >= 15 is 0 Å². The third-order valence-corrected chi connectivity index (χ3v) is 4.97. The first kappa shape index (κ1) is 16.8. The summed E-state index contributed by atoms with van der Waals surface area (Å²) < 4.78 is 32.0. The van der Waals surface area contributed by atoms with Gasteiger partial charge in [-0.2, -0.15) is 0 Å². The highest BCUT2D eigenvalue weighted by molar-refractivity contribution is 7.92. The van der Waals surface area contributed by atoms with Crippen molar-refractivity contribution in [1.29, 1.82) is 0 Å². The van der Waals surface area contributed by atoms with E-state index in [2.05, 4.69) is 4.72 Å². The first-order valence-corrected chi connectivity index (χ1v) is 8.99. The molecule has 22 heavy (non-hydrogen) atoms. The number of ether oxygens (including phenoxy) is 1. The van der Waals surface area contributed by atoms with E-state index in [-0.39, 0.29) is 12.2 Å². The van der Waals surface area contributed by atoms with Gasteiger partial charge < -0.3 is 9.84 Å². The van der Waals surface area contributed by atoms with Crippen LogP contribution in [0.1, 0.15) is 24.8 Å². The van der Waals surface area contributed by atoms with Crippen molar-refractivity contribution in [3.63, 3.8) is 0 Å². The summed E-state index contributed by atoms with van der Waals surface area (Å²) in [5, 5.41) is 8.68. The van der Waals surface area contributed by atoms with Gasteiger partial charge in [-0.15, -0.1) is 0 Å². The van der Waals surface area contributed by atoms with Crippen molar-refractivity contribution in [2.24, 2.45) is 5.92 Å². The molecule has 0 saturated carbocycles. The van der Waals surface area contributed by atoms with Crippen LogP contribution in [0.5, 0.6) is 0 Å². The number of carboxylic acids is 1. The number of nitrogens with one attached hydrogen (secondary N) is 1. The van der Waals surface area contributed by atoms with Gasteiger partial charge >= 0.3 is 5.97 Å². The summed E-state index contributed by atoms with van der Waals surface area (Å²) in [5.74, 6) is -0.483. The molecule has 1 aromatic rings. The maximum atomic E-state index is 12.1. The monoisotopic (exact) mass is 327 g/mol. The van der Waals surface area contributed by atoms with Gasteiger partial charge in [0.1, 0.15) is 0 Å². The Balaban J connectivity index is 1.90. The highest BCUT2D eigenvalue weighted by atomic mass is 32.2. The molecule has 2 N–H and O–H groups in total. The fourth-order valence-corrected chi connectivity index (χ4v) is 3.64. The number of carbonyl (C=O) groups is 1. The number of hydrogen-bond acceptors (Lipinski definition) is 4. The maximum Gasteiger partial charge on any atom is 0.303 e. The molecule has 1 atom stereocenters. The summed E-state index contributed by atoms with van der Waals surface area (Å²) in [6.45, 7) is 1.35. The van der Waals surface area contributed by atoms with Crippen molar-refractivity contribution in [2.45, 2.75) is 25.7 Å². The van der Waals surface area contributed by atoms with Crippen LogP contribution in [0.3, 0.4) is 0 Å². The zero-order chi connectivity index (χ0) is 16.0. The van der Waals surface area contributed by atoms with Crippen molar-refractivity contribution in [3.8, 4) is 0 Å². The predicted molar refractivity (Wildman–Crippen MR) is 83.4 cm³/mol. The number of hydrogen-bond donors (Lipinski definition) is 2. The van der Waals surface area contributed by atoms with Gasteiger partial charge in [-0.3, -0.25) is 9.52 Å². The number of sulfonamides is 1. The molecule has 1 aliphatic heterocycles. The van der Waals surface area contributed by atoms with Crippen LogP contribution in [0.15, 0.2) is 24.3 Å². The largest absolute Gasteiger partial charge is 0.481 e. The van der Waals surface area contributed by atoms with Gasteiger partial charge in [0.15, 0.2) is 0 Å². The van der Waals surface area contributed by atoms with Crippen LogP contribution in [0.25, 0.3) is 0 Å². The van der Waals surface area contributed by atoms with Crippen molar-refractivity contribution < 1.29 is 23.1 Å². The van der Waals surface area contributed by atoms with Crippen molar-refractivity contribution >= 4 is 21.7 Å². The number of carboxylic acid groups (broad SMARTS) is 1. The topological polar surface area (TPSA) is 92.7 Å². The first-order chi connectivity index (χ1) is 10.4. The lowest BCUT2D eigenvalue weighted by Crippen LogP contribution is -2.19. The Morgan fingerprint density at radius 2 is 2.23 bits per heavy atom. The molecule has 6 nitrogen and oxygen atoms in total. The highest BCUT2D eigenvalue weighted by Crippen LogP contribution is 2.19. The minimum Gasteiger partial charge on any atom is -0.481 e. The number of anilines is 1.